The highest BCUT2D eigenvalue weighted by Crippen LogP contribution is 2.23. The summed E-state index contributed by atoms with van der Waals surface area (Å²) in [6.45, 7) is 5.73. The van der Waals surface area contributed by atoms with Gasteiger partial charge in [-0.25, -0.2) is 4.79 Å². The molecule has 1 N–H and O–H groups in total. The number of carboxylic acids is 1. The van der Waals surface area contributed by atoms with Gasteiger partial charge in [0.1, 0.15) is 5.69 Å². The van der Waals surface area contributed by atoms with Crippen molar-refractivity contribution in [2.24, 2.45) is 11.8 Å². The van der Waals surface area contributed by atoms with Crippen LogP contribution < -0.4 is 0 Å². The highest BCUT2D eigenvalue weighted by molar-refractivity contribution is 5.97. The minimum Gasteiger partial charge on any atom is -0.478 e. The number of pyridine rings is 1. The van der Waals surface area contributed by atoms with Crippen LogP contribution in [0.15, 0.2) is 24.4 Å². The fraction of sp³-hybridized carbons (Fsp3) is 0.438. The lowest BCUT2D eigenvalue weighted by atomic mass is 9.91. The van der Waals surface area contributed by atoms with Gasteiger partial charge in [0.15, 0.2) is 0 Å². The van der Waals surface area contributed by atoms with E-state index in [2.05, 4.69) is 18.8 Å². The van der Waals surface area contributed by atoms with E-state index in [0.29, 0.717) is 23.1 Å². The number of nitrogens with zero attached hydrogens (tertiary/aromatic N) is 2. The number of likely N-dealkylation sites (tertiary alicyclic amines) is 1. The summed E-state index contributed by atoms with van der Waals surface area (Å²) in [6.07, 6.45) is 5.12. The molecule has 1 aliphatic rings. The lowest BCUT2D eigenvalue weighted by Gasteiger charge is -2.35. The minimum absolute atomic E-state index is 0.126. The Morgan fingerprint density at radius 2 is 2.00 bits per heavy atom. The van der Waals surface area contributed by atoms with Crippen LogP contribution in [0.1, 0.15) is 36.3 Å². The molecule has 0 aromatic carbocycles. The third-order valence-corrected chi connectivity index (χ3v) is 3.60. The van der Waals surface area contributed by atoms with Crippen molar-refractivity contribution >= 4 is 18.0 Å². The maximum atomic E-state index is 12.6. The second-order valence-corrected chi connectivity index (χ2v) is 5.77. The van der Waals surface area contributed by atoms with E-state index in [1.165, 1.54) is 6.08 Å². The van der Waals surface area contributed by atoms with Crippen LogP contribution in [0, 0.1) is 11.8 Å². The summed E-state index contributed by atoms with van der Waals surface area (Å²) < 4.78 is 0. The normalized spacial score (nSPS) is 22.5. The molecule has 1 fully saturated rings. The molecule has 2 rings (SSSR count). The number of aromatic nitrogens is 1. The quantitative estimate of drug-likeness (QED) is 0.866. The number of hydrogen-bond donors (Lipinski definition) is 1. The maximum absolute atomic E-state index is 12.6. The van der Waals surface area contributed by atoms with Crippen LogP contribution in [-0.4, -0.2) is 40.0 Å². The molecular weight excluding hydrogens is 268 g/mol. The molecule has 21 heavy (non-hydrogen) atoms. The topological polar surface area (TPSA) is 70.5 Å². The van der Waals surface area contributed by atoms with E-state index in [1.54, 1.807) is 18.3 Å². The molecule has 1 aromatic rings. The fourth-order valence-electron chi connectivity index (χ4n) is 2.87. The molecule has 1 aliphatic heterocycles. The van der Waals surface area contributed by atoms with Crippen LogP contribution in [0.25, 0.3) is 6.08 Å². The molecule has 1 saturated heterocycles. The van der Waals surface area contributed by atoms with Gasteiger partial charge in [-0.3, -0.25) is 9.78 Å². The smallest absolute Gasteiger partial charge is 0.328 e. The van der Waals surface area contributed by atoms with Crippen molar-refractivity contribution in [1.82, 2.24) is 9.88 Å². The third kappa shape index (κ3) is 3.90. The molecule has 112 valence electrons. The molecule has 2 atom stereocenters. The van der Waals surface area contributed by atoms with Gasteiger partial charge in [0, 0.05) is 30.9 Å². The second kappa shape index (κ2) is 6.52. The van der Waals surface area contributed by atoms with Crippen LogP contribution in [0.3, 0.4) is 0 Å². The van der Waals surface area contributed by atoms with E-state index in [0.717, 1.165) is 25.6 Å². The Balaban J connectivity index is 2.24. The summed E-state index contributed by atoms with van der Waals surface area (Å²) in [4.78, 5) is 29.2. The van der Waals surface area contributed by atoms with Crippen molar-refractivity contribution < 1.29 is 14.7 Å². The summed E-state index contributed by atoms with van der Waals surface area (Å²) in [5.74, 6) is -0.227. The summed E-state index contributed by atoms with van der Waals surface area (Å²) in [7, 11) is 0. The molecule has 1 amide bonds. The Kier molecular flexibility index (Phi) is 4.73. The van der Waals surface area contributed by atoms with Crippen molar-refractivity contribution in [2.45, 2.75) is 20.3 Å². The Labute approximate surface area is 124 Å². The number of carbonyl (C=O) groups excluding carboxylic acids is 1. The molecule has 0 bridgehead atoms. The largest absolute Gasteiger partial charge is 0.478 e. The van der Waals surface area contributed by atoms with Gasteiger partial charge in [-0.2, -0.15) is 0 Å². The number of aliphatic carboxylic acids is 1. The van der Waals surface area contributed by atoms with Gasteiger partial charge in [0.2, 0.25) is 0 Å². The standard InChI is InChI=1S/C16H20N2O3/c1-11-8-12(2)10-18(9-11)16(21)15-13(4-3-7-17-15)5-6-14(19)20/h3-7,11-12H,8-10H2,1-2H3,(H,19,20)/b6-5+. The summed E-state index contributed by atoms with van der Waals surface area (Å²) >= 11 is 0. The maximum Gasteiger partial charge on any atom is 0.328 e. The van der Waals surface area contributed by atoms with Gasteiger partial charge < -0.3 is 10.0 Å². The molecule has 1 aromatic heterocycles. The minimum atomic E-state index is -1.04. The van der Waals surface area contributed by atoms with Gasteiger partial charge in [-0.05, 0) is 30.4 Å². The lowest BCUT2D eigenvalue weighted by Crippen LogP contribution is -2.43. The van der Waals surface area contributed by atoms with Gasteiger partial charge in [0.25, 0.3) is 5.91 Å². The molecule has 0 radical (unpaired) electrons. The van der Waals surface area contributed by atoms with Crippen molar-refractivity contribution in [3.05, 3.63) is 35.7 Å². The van der Waals surface area contributed by atoms with Crippen LogP contribution in [0.4, 0.5) is 0 Å². The first kappa shape index (κ1) is 15.2. The second-order valence-electron chi connectivity index (χ2n) is 5.77. The van der Waals surface area contributed by atoms with Crippen molar-refractivity contribution in [1.29, 1.82) is 0 Å². The molecule has 5 heteroatoms. The summed E-state index contributed by atoms with van der Waals surface area (Å²) in [6, 6.07) is 3.40. The molecule has 0 spiro atoms. The number of amides is 1. The molecular formula is C16H20N2O3. The highest BCUT2D eigenvalue weighted by Gasteiger charge is 2.27. The fourth-order valence-corrected chi connectivity index (χ4v) is 2.87. The highest BCUT2D eigenvalue weighted by atomic mass is 16.4. The van der Waals surface area contributed by atoms with Crippen LogP contribution >= 0.6 is 0 Å². The number of piperidine rings is 1. The molecule has 0 aliphatic carbocycles. The molecule has 2 unspecified atom stereocenters. The Morgan fingerprint density at radius 1 is 1.33 bits per heavy atom. The number of hydrogen-bond acceptors (Lipinski definition) is 3. The monoisotopic (exact) mass is 288 g/mol. The average molecular weight is 288 g/mol. The number of rotatable bonds is 3. The Hall–Kier alpha value is -2.17. The predicted octanol–water partition coefficient (Wildman–Crippen LogP) is 2.30. The van der Waals surface area contributed by atoms with E-state index in [9.17, 15) is 9.59 Å². The van der Waals surface area contributed by atoms with Crippen LogP contribution in [0.2, 0.25) is 0 Å². The average Bonchev–Trinajstić information content (AvgIpc) is 2.43. The van der Waals surface area contributed by atoms with Gasteiger partial charge in [-0.15, -0.1) is 0 Å². The molecule has 0 saturated carbocycles. The zero-order valence-corrected chi connectivity index (χ0v) is 12.3. The Bertz CT molecular complexity index is 558. The van der Waals surface area contributed by atoms with E-state index in [4.69, 9.17) is 5.11 Å². The van der Waals surface area contributed by atoms with Gasteiger partial charge in [0.05, 0.1) is 0 Å². The number of carboxylic acid groups (broad SMARTS) is 1. The van der Waals surface area contributed by atoms with Crippen LogP contribution in [-0.2, 0) is 4.79 Å². The van der Waals surface area contributed by atoms with Gasteiger partial charge >= 0.3 is 5.97 Å². The summed E-state index contributed by atoms with van der Waals surface area (Å²) in [5, 5.41) is 8.72. The lowest BCUT2D eigenvalue weighted by molar-refractivity contribution is -0.131. The van der Waals surface area contributed by atoms with E-state index in [1.807, 2.05) is 4.90 Å². The SMILES string of the molecule is CC1CC(C)CN(C(=O)c2ncccc2/C=C/C(=O)O)C1. The van der Waals surface area contributed by atoms with Crippen molar-refractivity contribution in [3.63, 3.8) is 0 Å². The van der Waals surface area contributed by atoms with Crippen LogP contribution in [0.5, 0.6) is 0 Å². The van der Waals surface area contributed by atoms with E-state index >= 15 is 0 Å². The molecule has 5 nitrogen and oxygen atoms in total. The first-order valence-electron chi connectivity index (χ1n) is 7.12. The first-order valence-corrected chi connectivity index (χ1v) is 7.12. The zero-order chi connectivity index (χ0) is 15.4. The van der Waals surface area contributed by atoms with Crippen molar-refractivity contribution in [3.8, 4) is 0 Å². The first-order chi connectivity index (χ1) is 9.97. The molecule has 2 heterocycles. The van der Waals surface area contributed by atoms with E-state index in [-0.39, 0.29) is 5.91 Å². The van der Waals surface area contributed by atoms with Gasteiger partial charge in [-0.1, -0.05) is 19.9 Å². The number of carbonyl (C=O) groups is 2. The Morgan fingerprint density at radius 3 is 2.62 bits per heavy atom. The summed E-state index contributed by atoms with van der Waals surface area (Å²) in [5.41, 5.74) is 0.854. The predicted molar refractivity (Wildman–Crippen MR) is 79.8 cm³/mol. The zero-order valence-electron chi connectivity index (χ0n) is 12.3. The van der Waals surface area contributed by atoms with Crippen molar-refractivity contribution in [2.75, 3.05) is 13.1 Å². The van der Waals surface area contributed by atoms with E-state index < -0.39 is 5.97 Å². The third-order valence-electron chi connectivity index (χ3n) is 3.60.